The molecule has 3 nitrogen and oxygen atoms in total. The number of carbonyl (C=O) groups is 1. The molecule has 1 atom stereocenters. The number of aliphatic hydroxyl groups is 1. The van der Waals surface area contributed by atoms with Crippen LogP contribution >= 0.6 is 0 Å². The van der Waals surface area contributed by atoms with Gasteiger partial charge >= 0.3 is 0 Å². The van der Waals surface area contributed by atoms with Gasteiger partial charge in [-0.2, -0.15) is 0 Å². The molecular formula is C8H9NO2. The van der Waals surface area contributed by atoms with E-state index in [1.165, 1.54) is 0 Å². The molecule has 1 unspecified atom stereocenters. The van der Waals surface area contributed by atoms with Crippen LogP contribution in [0.15, 0.2) is 24.3 Å². The molecule has 0 aliphatic heterocycles. The molecule has 3 heteroatoms. The van der Waals surface area contributed by atoms with Gasteiger partial charge in [-0.3, -0.25) is 4.79 Å². The zero-order valence-electron chi connectivity index (χ0n) is 5.90. The van der Waals surface area contributed by atoms with Crippen molar-refractivity contribution < 1.29 is 9.90 Å². The van der Waals surface area contributed by atoms with Crippen molar-refractivity contribution in [2.75, 3.05) is 0 Å². The lowest BCUT2D eigenvalue weighted by molar-refractivity contribution is 0.112. The molecule has 0 aliphatic rings. The molecule has 0 spiro atoms. The Morgan fingerprint density at radius 3 is 2.27 bits per heavy atom. The van der Waals surface area contributed by atoms with Crippen molar-refractivity contribution in [1.82, 2.24) is 0 Å². The third kappa shape index (κ3) is 1.86. The molecule has 1 aromatic rings. The van der Waals surface area contributed by atoms with Crippen molar-refractivity contribution in [2.45, 2.75) is 6.23 Å². The van der Waals surface area contributed by atoms with Gasteiger partial charge in [-0.1, -0.05) is 24.3 Å². The topological polar surface area (TPSA) is 63.3 Å². The van der Waals surface area contributed by atoms with Crippen LogP contribution in [0.1, 0.15) is 22.1 Å². The molecule has 0 heterocycles. The number of rotatable bonds is 2. The Labute approximate surface area is 64.5 Å². The highest BCUT2D eigenvalue weighted by atomic mass is 16.3. The first-order valence-corrected chi connectivity index (χ1v) is 3.23. The Hall–Kier alpha value is -1.19. The first kappa shape index (κ1) is 7.91. The second kappa shape index (κ2) is 3.27. The second-order valence-corrected chi connectivity index (χ2v) is 2.23. The normalized spacial score (nSPS) is 12.5. The summed E-state index contributed by atoms with van der Waals surface area (Å²) in [5, 5.41) is 8.88. The third-order valence-electron chi connectivity index (χ3n) is 1.41. The number of aldehydes is 1. The highest BCUT2D eigenvalue weighted by Crippen LogP contribution is 2.07. The summed E-state index contributed by atoms with van der Waals surface area (Å²) in [6.07, 6.45) is -0.220. The van der Waals surface area contributed by atoms with Gasteiger partial charge in [-0.25, -0.2) is 0 Å². The maximum atomic E-state index is 10.2. The van der Waals surface area contributed by atoms with Gasteiger partial charge in [-0.15, -0.1) is 0 Å². The number of nitrogens with two attached hydrogens (primary N) is 1. The molecule has 0 amide bonds. The van der Waals surface area contributed by atoms with Crippen molar-refractivity contribution in [1.29, 1.82) is 0 Å². The minimum absolute atomic E-state index is 0.578. The van der Waals surface area contributed by atoms with E-state index in [0.29, 0.717) is 11.1 Å². The van der Waals surface area contributed by atoms with Gasteiger partial charge in [0, 0.05) is 5.56 Å². The SMILES string of the molecule is NC(O)c1ccc(C=O)cc1. The summed E-state index contributed by atoms with van der Waals surface area (Å²) >= 11 is 0. The minimum Gasteiger partial charge on any atom is -0.375 e. The molecule has 11 heavy (non-hydrogen) atoms. The Bertz CT molecular complexity index is 241. The summed E-state index contributed by atoms with van der Waals surface area (Å²) in [7, 11) is 0. The molecule has 3 N–H and O–H groups in total. The van der Waals surface area contributed by atoms with Crippen LogP contribution in [0.4, 0.5) is 0 Å². The highest BCUT2D eigenvalue weighted by Gasteiger charge is 1.98. The lowest BCUT2D eigenvalue weighted by Gasteiger charge is -2.02. The van der Waals surface area contributed by atoms with Gasteiger partial charge < -0.3 is 10.8 Å². The fraction of sp³-hybridized carbons (Fsp3) is 0.125. The van der Waals surface area contributed by atoms with E-state index in [0.717, 1.165) is 6.29 Å². The maximum absolute atomic E-state index is 10.2. The zero-order valence-corrected chi connectivity index (χ0v) is 5.90. The van der Waals surface area contributed by atoms with E-state index < -0.39 is 6.23 Å². The molecule has 1 aromatic carbocycles. The van der Waals surface area contributed by atoms with Crippen LogP contribution in [-0.4, -0.2) is 11.4 Å². The predicted molar refractivity (Wildman–Crippen MR) is 41.0 cm³/mol. The van der Waals surface area contributed by atoms with Crippen molar-refractivity contribution in [3.8, 4) is 0 Å². The maximum Gasteiger partial charge on any atom is 0.150 e. The predicted octanol–water partition coefficient (Wildman–Crippen LogP) is 0.449. The van der Waals surface area contributed by atoms with Crippen molar-refractivity contribution in [3.63, 3.8) is 0 Å². The van der Waals surface area contributed by atoms with Crippen LogP contribution < -0.4 is 5.73 Å². The molecule has 0 bridgehead atoms. The lowest BCUT2D eigenvalue weighted by Crippen LogP contribution is -2.07. The van der Waals surface area contributed by atoms with Crippen LogP contribution in [0, 0.1) is 0 Å². The van der Waals surface area contributed by atoms with E-state index in [9.17, 15) is 4.79 Å². The molecule has 0 saturated carbocycles. The molecule has 0 aliphatic carbocycles. The van der Waals surface area contributed by atoms with Crippen molar-refractivity contribution in [3.05, 3.63) is 35.4 Å². The summed E-state index contributed by atoms with van der Waals surface area (Å²) in [4.78, 5) is 10.2. The van der Waals surface area contributed by atoms with Gasteiger partial charge in [0.05, 0.1) is 0 Å². The molecular weight excluding hydrogens is 142 g/mol. The fourth-order valence-electron chi connectivity index (χ4n) is 0.772. The molecule has 0 radical (unpaired) electrons. The standard InChI is InChI=1S/C8H9NO2/c9-8(11)7-3-1-6(5-10)2-4-7/h1-5,8,11H,9H2. The minimum atomic E-state index is -0.962. The van der Waals surface area contributed by atoms with E-state index in [1.54, 1.807) is 24.3 Å². The van der Waals surface area contributed by atoms with Crippen molar-refractivity contribution in [2.24, 2.45) is 5.73 Å². The number of aliphatic hydroxyl groups excluding tert-OH is 1. The first-order valence-electron chi connectivity index (χ1n) is 3.23. The van der Waals surface area contributed by atoms with Crippen LogP contribution in [0.25, 0.3) is 0 Å². The van der Waals surface area contributed by atoms with Gasteiger partial charge in [-0.05, 0) is 5.56 Å². The van der Waals surface area contributed by atoms with Crippen LogP contribution in [-0.2, 0) is 0 Å². The number of hydrogen-bond donors (Lipinski definition) is 2. The Balaban J connectivity index is 2.91. The van der Waals surface area contributed by atoms with Gasteiger partial charge in [0.1, 0.15) is 12.5 Å². The quantitative estimate of drug-likeness (QED) is 0.476. The largest absolute Gasteiger partial charge is 0.375 e. The van der Waals surface area contributed by atoms with Gasteiger partial charge in [0.2, 0.25) is 0 Å². The van der Waals surface area contributed by atoms with E-state index >= 15 is 0 Å². The molecule has 0 saturated heterocycles. The van der Waals surface area contributed by atoms with Crippen molar-refractivity contribution >= 4 is 6.29 Å². The Kier molecular flexibility index (Phi) is 2.36. The number of benzene rings is 1. The van der Waals surface area contributed by atoms with Gasteiger partial charge in [0.25, 0.3) is 0 Å². The van der Waals surface area contributed by atoms with Crippen LogP contribution in [0.5, 0.6) is 0 Å². The van der Waals surface area contributed by atoms with E-state index in [1.807, 2.05) is 0 Å². The summed E-state index contributed by atoms with van der Waals surface area (Å²) in [5.41, 5.74) is 6.36. The third-order valence-corrected chi connectivity index (χ3v) is 1.41. The second-order valence-electron chi connectivity index (χ2n) is 2.23. The summed E-state index contributed by atoms with van der Waals surface area (Å²) < 4.78 is 0. The molecule has 0 fully saturated rings. The average molecular weight is 151 g/mol. The number of carbonyl (C=O) groups excluding carboxylic acids is 1. The summed E-state index contributed by atoms with van der Waals surface area (Å²) in [6.45, 7) is 0. The molecule has 0 aromatic heterocycles. The first-order chi connectivity index (χ1) is 5.24. The monoisotopic (exact) mass is 151 g/mol. The Morgan fingerprint density at radius 2 is 1.91 bits per heavy atom. The Morgan fingerprint density at radius 1 is 1.36 bits per heavy atom. The lowest BCUT2D eigenvalue weighted by atomic mass is 10.1. The average Bonchev–Trinajstić information content (AvgIpc) is 2.05. The van der Waals surface area contributed by atoms with E-state index in [-0.39, 0.29) is 0 Å². The van der Waals surface area contributed by atoms with E-state index in [2.05, 4.69) is 0 Å². The van der Waals surface area contributed by atoms with E-state index in [4.69, 9.17) is 10.8 Å². The zero-order chi connectivity index (χ0) is 8.27. The molecule has 1 rings (SSSR count). The smallest absolute Gasteiger partial charge is 0.150 e. The summed E-state index contributed by atoms with van der Waals surface area (Å²) in [6, 6.07) is 6.46. The highest BCUT2D eigenvalue weighted by molar-refractivity contribution is 5.74. The van der Waals surface area contributed by atoms with Crippen LogP contribution in [0.3, 0.4) is 0 Å². The molecule has 58 valence electrons. The fourth-order valence-corrected chi connectivity index (χ4v) is 0.772. The van der Waals surface area contributed by atoms with Crippen LogP contribution in [0.2, 0.25) is 0 Å². The van der Waals surface area contributed by atoms with Gasteiger partial charge in [0.15, 0.2) is 0 Å². The number of hydrogen-bond acceptors (Lipinski definition) is 3. The summed E-state index contributed by atoms with van der Waals surface area (Å²) in [5.74, 6) is 0.